The Labute approximate surface area is 152 Å². The van der Waals surface area contributed by atoms with Gasteiger partial charge in [-0.15, -0.1) is 27.8 Å². The largest absolute Gasteiger partial charge is 0.355 e. The van der Waals surface area contributed by atoms with Gasteiger partial charge in [-0.05, 0) is 46.7 Å². The van der Waals surface area contributed by atoms with Crippen molar-refractivity contribution in [2.45, 2.75) is 30.3 Å². The molecule has 3 heterocycles. The zero-order chi connectivity index (χ0) is 16.8. The van der Waals surface area contributed by atoms with Crippen LogP contribution in [0.5, 0.6) is 0 Å². The minimum atomic E-state index is -0.249. The predicted octanol–water partition coefficient (Wildman–Crippen LogP) is 2.68. The fourth-order valence-electron chi connectivity index (χ4n) is 2.05. The number of nitrogens with one attached hydrogen (secondary N) is 1. The van der Waals surface area contributed by atoms with Gasteiger partial charge in [-0.25, -0.2) is 4.68 Å². The van der Waals surface area contributed by atoms with Crippen LogP contribution in [0.2, 0.25) is 0 Å². The number of carbonyl (C=O) groups excluding carboxylic acids is 1. The number of aromatic nitrogens is 4. The van der Waals surface area contributed by atoms with Crippen LogP contribution in [-0.2, 0) is 17.8 Å². The van der Waals surface area contributed by atoms with Crippen molar-refractivity contribution in [1.82, 2.24) is 25.5 Å². The van der Waals surface area contributed by atoms with E-state index in [2.05, 4.69) is 26.9 Å². The van der Waals surface area contributed by atoms with Crippen molar-refractivity contribution in [3.63, 3.8) is 0 Å². The molecule has 0 saturated carbocycles. The second kappa shape index (κ2) is 8.41. The average molecular weight is 380 g/mol. The van der Waals surface area contributed by atoms with Crippen molar-refractivity contribution in [2.24, 2.45) is 0 Å². The van der Waals surface area contributed by atoms with Crippen LogP contribution in [0.15, 0.2) is 40.2 Å². The molecule has 0 spiro atoms. The number of thiophene rings is 2. The van der Waals surface area contributed by atoms with Gasteiger partial charge < -0.3 is 5.32 Å². The van der Waals surface area contributed by atoms with Crippen LogP contribution < -0.4 is 5.32 Å². The Kier molecular flexibility index (Phi) is 6.00. The van der Waals surface area contributed by atoms with Crippen LogP contribution in [0.1, 0.15) is 16.7 Å². The smallest absolute Gasteiger partial charge is 0.233 e. The third-order valence-corrected chi connectivity index (χ3v) is 6.16. The number of hydrogen-bond donors (Lipinski definition) is 1. The van der Waals surface area contributed by atoms with Crippen LogP contribution >= 0.6 is 34.4 Å². The molecule has 3 rings (SSSR count). The van der Waals surface area contributed by atoms with Gasteiger partial charge in [0, 0.05) is 16.3 Å². The lowest BCUT2D eigenvalue weighted by Crippen LogP contribution is -2.32. The standard InChI is InChI=1S/C15H17N5OS3/c1-11(14(21)16-7-6-12-4-2-8-22-12)24-15-17-18-19-20(15)10-13-5-3-9-23-13/h2-5,8-9,11H,6-7,10H2,1H3,(H,16,21). The monoisotopic (exact) mass is 379 g/mol. The van der Waals surface area contributed by atoms with Crippen molar-refractivity contribution >= 4 is 40.3 Å². The highest BCUT2D eigenvalue weighted by atomic mass is 32.2. The highest BCUT2D eigenvalue weighted by molar-refractivity contribution is 8.00. The minimum Gasteiger partial charge on any atom is -0.355 e. The van der Waals surface area contributed by atoms with E-state index in [-0.39, 0.29) is 11.2 Å². The molecule has 3 aromatic heterocycles. The van der Waals surface area contributed by atoms with E-state index in [1.807, 2.05) is 35.9 Å². The molecule has 3 aromatic rings. The van der Waals surface area contributed by atoms with Gasteiger partial charge in [0.25, 0.3) is 0 Å². The van der Waals surface area contributed by atoms with E-state index in [4.69, 9.17) is 0 Å². The number of tetrazole rings is 1. The average Bonchev–Trinajstić information content (AvgIpc) is 3.31. The third kappa shape index (κ3) is 4.65. The molecule has 126 valence electrons. The Morgan fingerprint density at radius 2 is 2.04 bits per heavy atom. The van der Waals surface area contributed by atoms with Gasteiger partial charge in [-0.3, -0.25) is 4.79 Å². The van der Waals surface area contributed by atoms with E-state index < -0.39 is 0 Å². The van der Waals surface area contributed by atoms with E-state index in [9.17, 15) is 4.79 Å². The molecule has 0 fully saturated rings. The number of rotatable bonds is 8. The Hall–Kier alpha value is -1.71. The van der Waals surface area contributed by atoms with Crippen LogP contribution in [-0.4, -0.2) is 37.9 Å². The molecule has 0 aliphatic carbocycles. The summed E-state index contributed by atoms with van der Waals surface area (Å²) < 4.78 is 1.73. The van der Waals surface area contributed by atoms with Gasteiger partial charge in [-0.2, -0.15) is 0 Å². The molecule has 24 heavy (non-hydrogen) atoms. The summed E-state index contributed by atoms with van der Waals surface area (Å²) in [6.45, 7) is 3.14. The van der Waals surface area contributed by atoms with E-state index >= 15 is 0 Å². The molecular weight excluding hydrogens is 362 g/mol. The van der Waals surface area contributed by atoms with Crippen LogP contribution in [0, 0.1) is 0 Å². The first-order chi connectivity index (χ1) is 11.7. The van der Waals surface area contributed by atoms with Crippen molar-refractivity contribution < 1.29 is 4.79 Å². The first-order valence-corrected chi connectivity index (χ1v) is 10.1. The van der Waals surface area contributed by atoms with Crippen molar-refractivity contribution in [3.05, 3.63) is 44.8 Å². The fourth-order valence-corrected chi connectivity index (χ4v) is 4.26. The SMILES string of the molecule is CC(Sc1nnnn1Cc1cccs1)C(=O)NCCc1cccs1. The molecule has 0 aromatic carbocycles. The number of hydrogen-bond acceptors (Lipinski definition) is 7. The van der Waals surface area contributed by atoms with Gasteiger partial charge in [0.15, 0.2) is 0 Å². The van der Waals surface area contributed by atoms with Gasteiger partial charge >= 0.3 is 0 Å². The maximum Gasteiger partial charge on any atom is 0.233 e. The summed E-state index contributed by atoms with van der Waals surface area (Å²) in [4.78, 5) is 14.7. The van der Waals surface area contributed by atoms with Crippen LogP contribution in [0.25, 0.3) is 0 Å². The number of thioether (sulfide) groups is 1. The van der Waals surface area contributed by atoms with E-state index in [0.29, 0.717) is 18.2 Å². The lowest BCUT2D eigenvalue weighted by Gasteiger charge is -2.11. The number of nitrogens with zero attached hydrogens (tertiary/aromatic N) is 4. The molecule has 0 radical (unpaired) electrons. The lowest BCUT2D eigenvalue weighted by atomic mass is 10.3. The maximum absolute atomic E-state index is 12.2. The summed E-state index contributed by atoms with van der Waals surface area (Å²) in [6.07, 6.45) is 0.858. The van der Waals surface area contributed by atoms with E-state index in [1.165, 1.54) is 21.5 Å². The summed E-state index contributed by atoms with van der Waals surface area (Å²) in [5.74, 6) is 0.00206. The van der Waals surface area contributed by atoms with Crippen molar-refractivity contribution in [1.29, 1.82) is 0 Å². The van der Waals surface area contributed by atoms with Gasteiger partial charge in [-0.1, -0.05) is 23.9 Å². The highest BCUT2D eigenvalue weighted by Gasteiger charge is 2.18. The Morgan fingerprint density at radius 3 is 2.75 bits per heavy atom. The quantitative estimate of drug-likeness (QED) is 0.609. The Balaban J connectivity index is 1.50. The third-order valence-electron chi connectivity index (χ3n) is 3.29. The summed E-state index contributed by atoms with van der Waals surface area (Å²) in [5.41, 5.74) is 0. The molecule has 1 unspecified atom stereocenters. The minimum absolute atomic E-state index is 0.00206. The van der Waals surface area contributed by atoms with E-state index in [1.54, 1.807) is 27.4 Å². The molecule has 0 aliphatic rings. The highest BCUT2D eigenvalue weighted by Crippen LogP contribution is 2.21. The first-order valence-electron chi connectivity index (χ1n) is 7.47. The molecule has 9 heteroatoms. The van der Waals surface area contributed by atoms with Crippen molar-refractivity contribution in [3.8, 4) is 0 Å². The zero-order valence-electron chi connectivity index (χ0n) is 13.1. The summed E-state index contributed by atoms with van der Waals surface area (Å²) in [7, 11) is 0. The number of carbonyl (C=O) groups is 1. The Morgan fingerprint density at radius 1 is 1.29 bits per heavy atom. The molecule has 1 amide bonds. The first kappa shape index (κ1) is 17.1. The molecule has 0 saturated heterocycles. The molecule has 0 aliphatic heterocycles. The normalized spacial score (nSPS) is 12.2. The maximum atomic E-state index is 12.2. The molecule has 1 atom stereocenters. The van der Waals surface area contributed by atoms with Crippen LogP contribution in [0.4, 0.5) is 0 Å². The predicted molar refractivity (Wildman–Crippen MR) is 97.6 cm³/mol. The lowest BCUT2D eigenvalue weighted by molar-refractivity contribution is -0.120. The number of amides is 1. The summed E-state index contributed by atoms with van der Waals surface area (Å²) >= 11 is 4.74. The molecule has 1 N–H and O–H groups in total. The Bertz CT molecular complexity index is 754. The van der Waals surface area contributed by atoms with Gasteiger partial charge in [0.1, 0.15) is 0 Å². The molecular formula is C15H17N5OS3. The van der Waals surface area contributed by atoms with Crippen molar-refractivity contribution in [2.75, 3.05) is 6.54 Å². The zero-order valence-corrected chi connectivity index (χ0v) is 15.5. The second-order valence-corrected chi connectivity index (χ2v) is 8.45. The summed E-state index contributed by atoms with van der Waals surface area (Å²) in [6, 6.07) is 8.14. The van der Waals surface area contributed by atoms with Crippen LogP contribution in [0.3, 0.4) is 0 Å². The molecule has 6 nitrogen and oxygen atoms in total. The fraction of sp³-hybridized carbons (Fsp3) is 0.333. The van der Waals surface area contributed by atoms with E-state index in [0.717, 1.165) is 6.42 Å². The topological polar surface area (TPSA) is 72.7 Å². The molecule has 0 bridgehead atoms. The van der Waals surface area contributed by atoms with Gasteiger partial charge in [0.2, 0.25) is 11.1 Å². The second-order valence-electron chi connectivity index (χ2n) is 5.08. The van der Waals surface area contributed by atoms with Gasteiger partial charge in [0.05, 0.1) is 11.8 Å². The summed E-state index contributed by atoms with van der Waals surface area (Å²) in [5, 5.41) is 19.2.